The molecule has 0 fully saturated rings. The van der Waals surface area contributed by atoms with Gasteiger partial charge in [-0.2, -0.15) is 0 Å². The van der Waals surface area contributed by atoms with Gasteiger partial charge < -0.3 is 0 Å². The second kappa shape index (κ2) is 6.14. The summed E-state index contributed by atoms with van der Waals surface area (Å²) in [5, 5.41) is 0. The van der Waals surface area contributed by atoms with E-state index < -0.39 is 0 Å². The van der Waals surface area contributed by atoms with Gasteiger partial charge in [0.25, 0.3) is 0 Å². The highest BCUT2D eigenvalue weighted by Gasteiger charge is 1.98. The zero-order valence-corrected chi connectivity index (χ0v) is 10.3. The molecule has 2 nitrogen and oxygen atoms in total. The van der Waals surface area contributed by atoms with Crippen molar-refractivity contribution in [1.29, 1.82) is 0 Å². The predicted octanol–water partition coefficient (Wildman–Crippen LogP) is 3.21. The van der Waals surface area contributed by atoms with Crippen LogP contribution in [0.2, 0.25) is 0 Å². The summed E-state index contributed by atoms with van der Waals surface area (Å²) in [7, 11) is 0. The molecule has 0 unspecified atom stereocenters. The van der Waals surface area contributed by atoms with Crippen molar-refractivity contribution < 1.29 is 0 Å². The molecule has 0 spiro atoms. The third-order valence-corrected chi connectivity index (χ3v) is 2.88. The molecule has 17 heavy (non-hydrogen) atoms. The minimum absolute atomic E-state index is 1.03. The molecule has 0 amide bonds. The van der Waals surface area contributed by atoms with Gasteiger partial charge in [-0.25, -0.2) is 0 Å². The summed E-state index contributed by atoms with van der Waals surface area (Å²) < 4.78 is 0. The van der Waals surface area contributed by atoms with E-state index in [1.807, 2.05) is 24.5 Å². The van der Waals surface area contributed by atoms with Gasteiger partial charge in [-0.3, -0.25) is 9.97 Å². The first-order chi connectivity index (χ1) is 8.38. The molecule has 0 saturated carbocycles. The molecule has 2 aromatic rings. The van der Waals surface area contributed by atoms with Crippen LogP contribution in [0.4, 0.5) is 0 Å². The van der Waals surface area contributed by atoms with Crippen molar-refractivity contribution in [2.45, 2.75) is 32.6 Å². The van der Waals surface area contributed by atoms with E-state index in [-0.39, 0.29) is 0 Å². The predicted molar refractivity (Wildman–Crippen MR) is 69.9 cm³/mol. The van der Waals surface area contributed by atoms with Crippen molar-refractivity contribution in [1.82, 2.24) is 9.97 Å². The number of aryl methyl sites for hydroxylation is 3. The maximum absolute atomic E-state index is 4.40. The standard InChI is InChI=1S/C15H18N2/c1-2-13-9-11-17-15(12-13)8-5-7-14-6-3-4-10-16-14/h3-4,6,9-12H,2,5,7-8H2,1H3. The van der Waals surface area contributed by atoms with Gasteiger partial charge in [0.2, 0.25) is 0 Å². The molecule has 0 radical (unpaired) electrons. The van der Waals surface area contributed by atoms with Crippen LogP contribution in [0.3, 0.4) is 0 Å². The number of hydrogen-bond acceptors (Lipinski definition) is 2. The Kier molecular flexibility index (Phi) is 4.25. The van der Waals surface area contributed by atoms with Gasteiger partial charge >= 0.3 is 0 Å². The van der Waals surface area contributed by atoms with E-state index in [1.54, 1.807) is 0 Å². The Labute approximate surface area is 103 Å². The average molecular weight is 226 g/mol. The Morgan fingerprint density at radius 1 is 0.941 bits per heavy atom. The van der Waals surface area contributed by atoms with Gasteiger partial charge in [-0.1, -0.05) is 13.0 Å². The van der Waals surface area contributed by atoms with Crippen molar-refractivity contribution in [2.75, 3.05) is 0 Å². The summed E-state index contributed by atoms with van der Waals surface area (Å²) in [6.07, 6.45) is 8.01. The fourth-order valence-electron chi connectivity index (χ4n) is 1.88. The highest BCUT2D eigenvalue weighted by atomic mass is 14.7. The molecule has 0 aliphatic heterocycles. The number of nitrogens with zero attached hydrogens (tertiary/aromatic N) is 2. The molecular formula is C15H18N2. The third-order valence-electron chi connectivity index (χ3n) is 2.88. The van der Waals surface area contributed by atoms with Crippen LogP contribution in [0.1, 0.15) is 30.3 Å². The van der Waals surface area contributed by atoms with E-state index in [1.165, 1.54) is 17.0 Å². The summed E-state index contributed by atoms with van der Waals surface area (Å²) in [5.74, 6) is 0. The molecule has 2 aromatic heterocycles. The van der Waals surface area contributed by atoms with Crippen molar-refractivity contribution in [2.24, 2.45) is 0 Å². The first kappa shape index (κ1) is 11.8. The number of hydrogen-bond donors (Lipinski definition) is 0. The summed E-state index contributed by atoms with van der Waals surface area (Å²) in [6.45, 7) is 2.17. The van der Waals surface area contributed by atoms with Crippen molar-refractivity contribution in [3.05, 3.63) is 59.7 Å². The Hall–Kier alpha value is -1.70. The second-order valence-electron chi connectivity index (χ2n) is 4.18. The van der Waals surface area contributed by atoms with Gasteiger partial charge in [0, 0.05) is 23.8 Å². The lowest BCUT2D eigenvalue weighted by Crippen LogP contribution is -1.95. The largest absolute Gasteiger partial charge is 0.261 e. The molecular weight excluding hydrogens is 208 g/mol. The molecule has 0 aliphatic carbocycles. The fraction of sp³-hybridized carbons (Fsp3) is 0.333. The zero-order chi connectivity index (χ0) is 11.9. The fourth-order valence-corrected chi connectivity index (χ4v) is 1.88. The van der Waals surface area contributed by atoms with Crippen LogP contribution < -0.4 is 0 Å². The molecule has 2 heteroatoms. The van der Waals surface area contributed by atoms with E-state index in [9.17, 15) is 0 Å². The Bertz CT molecular complexity index is 451. The zero-order valence-electron chi connectivity index (χ0n) is 10.3. The molecule has 0 atom stereocenters. The number of rotatable bonds is 5. The highest BCUT2D eigenvalue weighted by Crippen LogP contribution is 2.07. The van der Waals surface area contributed by atoms with Gasteiger partial charge in [0.05, 0.1) is 0 Å². The molecule has 0 bridgehead atoms. The molecule has 0 aromatic carbocycles. The van der Waals surface area contributed by atoms with Crippen LogP contribution in [0.5, 0.6) is 0 Å². The van der Waals surface area contributed by atoms with E-state index in [4.69, 9.17) is 0 Å². The third kappa shape index (κ3) is 3.66. The average Bonchev–Trinajstić information content (AvgIpc) is 2.40. The van der Waals surface area contributed by atoms with Gasteiger partial charge in [-0.05, 0) is 55.5 Å². The van der Waals surface area contributed by atoms with Crippen LogP contribution >= 0.6 is 0 Å². The Balaban J connectivity index is 1.86. The van der Waals surface area contributed by atoms with Crippen molar-refractivity contribution in [3.8, 4) is 0 Å². The molecule has 2 heterocycles. The van der Waals surface area contributed by atoms with Crippen LogP contribution in [0.25, 0.3) is 0 Å². The minimum atomic E-state index is 1.03. The second-order valence-corrected chi connectivity index (χ2v) is 4.18. The van der Waals surface area contributed by atoms with Crippen molar-refractivity contribution >= 4 is 0 Å². The van der Waals surface area contributed by atoms with Crippen LogP contribution in [0.15, 0.2) is 42.7 Å². The highest BCUT2D eigenvalue weighted by molar-refractivity contribution is 5.16. The number of aromatic nitrogens is 2. The quantitative estimate of drug-likeness (QED) is 0.782. The van der Waals surface area contributed by atoms with E-state index in [0.717, 1.165) is 25.7 Å². The molecule has 0 aliphatic rings. The summed E-state index contributed by atoms with van der Waals surface area (Å²) in [4.78, 5) is 8.72. The Morgan fingerprint density at radius 3 is 2.53 bits per heavy atom. The molecule has 88 valence electrons. The summed E-state index contributed by atoms with van der Waals surface area (Å²) in [6, 6.07) is 10.4. The van der Waals surface area contributed by atoms with E-state index in [0.29, 0.717) is 0 Å². The first-order valence-corrected chi connectivity index (χ1v) is 6.22. The number of pyridine rings is 2. The summed E-state index contributed by atoms with van der Waals surface area (Å²) >= 11 is 0. The van der Waals surface area contributed by atoms with E-state index in [2.05, 4.69) is 35.1 Å². The van der Waals surface area contributed by atoms with Crippen LogP contribution in [-0.4, -0.2) is 9.97 Å². The lowest BCUT2D eigenvalue weighted by atomic mass is 10.1. The van der Waals surface area contributed by atoms with Gasteiger partial charge in [-0.15, -0.1) is 0 Å². The summed E-state index contributed by atoms with van der Waals surface area (Å²) in [5.41, 5.74) is 3.73. The normalized spacial score (nSPS) is 10.4. The molecule has 2 rings (SSSR count). The lowest BCUT2D eigenvalue weighted by molar-refractivity contribution is 0.779. The van der Waals surface area contributed by atoms with Crippen LogP contribution in [-0.2, 0) is 19.3 Å². The molecule has 0 saturated heterocycles. The Morgan fingerprint density at radius 2 is 1.76 bits per heavy atom. The van der Waals surface area contributed by atoms with Crippen molar-refractivity contribution in [3.63, 3.8) is 0 Å². The first-order valence-electron chi connectivity index (χ1n) is 6.22. The monoisotopic (exact) mass is 226 g/mol. The maximum Gasteiger partial charge on any atom is 0.0406 e. The van der Waals surface area contributed by atoms with E-state index >= 15 is 0 Å². The smallest absolute Gasteiger partial charge is 0.0406 e. The molecule has 0 N–H and O–H groups in total. The van der Waals surface area contributed by atoms with Gasteiger partial charge in [0.15, 0.2) is 0 Å². The topological polar surface area (TPSA) is 25.8 Å². The van der Waals surface area contributed by atoms with Gasteiger partial charge in [0.1, 0.15) is 0 Å². The maximum atomic E-state index is 4.40. The lowest BCUT2D eigenvalue weighted by Gasteiger charge is -2.03. The minimum Gasteiger partial charge on any atom is -0.261 e. The SMILES string of the molecule is CCc1ccnc(CCCc2ccccn2)c1. The van der Waals surface area contributed by atoms with Crippen LogP contribution in [0, 0.1) is 0 Å².